The molecule has 0 amide bonds. The first-order valence-electron chi connectivity index (χ1n) is 12.3. The molecule has 0 unspecified atom stereocenters. The summed E-state index contributed by atoms with van der Waals surface area (Å²) in [7, 11) is 0. The van der Waals surface area contributed by atoms with Gasteiger partial charge in [0.2, 0.25) is 5.82 Å². The molecule has 0 heterocycles. The van der Waals surface area contributed by atoms with Crippen LogP contribution in [0.2, 0.25) is 0 Å². The van der Waals surface area contributed by atoms with E-state index in [-0.39, 0.29) is 17.5 Å². The summed E-state index contributed by atoms with van der Waals surface area (Å²) in [6, 6.07) is 8.77. The third kappa shape index (κ3) is 6.76. The molecule has 1 aliphatic carbocycles. The second kappa shape index (κ2) is 12.3. The summed E-state index contributed by atoms with van der Waals surface area (Å²) in [6.07, 6.45) is 11.0. The van der Waals surface area contributed by atoms with Crippen LogP contribution in [0.4, 0.5) is 13.2 Å². The number of hydrogen-bond acceptors (Lipinski definition) is 1. The van der Waals surface area contributed by atoms with Gasteiger partial charge in [-0.3, -0.25) is 0 Å². The van der Waals surface area contributed by atoms with Crippen molar-refractivity contribution in [2.24, 2.45) is 5.92 Å². The van der Waals surface area contributed by atoms with E-state index in [1.807, 2.05) is 12.1 Å². The number of ether oxygens (including phenoxy) is 1. The molecule has 1 nitrogen and oxygen atoms in total. The van der Waals surface area contributed by atoms with Crippen LogP contribution >= 0.6 is 0 Å². The Morgan fingerprint density at radius 1 is 0.875 bits per heavy atom. The van der Waals surface area contributed by atoms with Crippen molar-refractivity contribution in [3.05, 3.63) is 64.5 Å². The smallest absolute Gasteiger partial charge is 0.200 e. The third-order valence-electron chi connectivity index (χ3n) is 6.95. The zero-order valence-corrected chi connectivity index (χ0v) is 19.6. The largest absolute Gasteiger partial charge is 0.490 e. The molecule has 3 rings (SSSR count). The minimum absolute atomic E-state index is 0.0285. The Morgan fingerprint density at radius 2 is 1.62 bits per heavy atom. The van der Waals surface area contributed by atoms with Crippen LogP contribution in [0.3, 0.4) is 0 Å². The number of unbranched alkanes of at least 4 members (excludes halogenated alkanes) is 4. The van der Waals surface area contributed by atoms with Crippen LogP contribution in [-0.2, 0) is 6.42 Å². The van der Waals surface area contributed by atoms with Crippen LogP contribution in [0.15, 0.2) is 30.3 Å². The van der Waals surface area contributed by atoms with Crippen molar-refractivity contribution in [1.82, 2.24) is 0 Å². The lowest BCUT2D eigenvalue weighted by atomic mass is 9.76. The molecule has 0 aromatic heterocycles. The maximum atomic E-state index is 14.8. The van der Waals surface area contributed by atoms with Gasteiger partial charge < -0.3 is 4.74 Å². The number of rotatable bonds is 11. The molecule has 2 aromatic rings. The first-order valence-corrected chi connectivity index (χ1v) is 12.3. The molecule has 1 saturated carbocycles. The molecule has 0 saturated heterocycles. The Balaban J connectivity index is 1.47. The van der Waals surface area contributed by atoms with Gasteiger partial charge in [0.05, 0.1) is 6.61 Å². The Morgan fingerprint density at radius 3 is 2.34 bits per heavy atom. The molecule has 176 valence electrons. The molecule has 1 aliphatic rings. The molecule has 32 heavy (non-hydrogen) atoms. The molecule has 1 fully saturated rings. The fraction of sp³-hybridized carbons (Fsp3) is 0.571. The summed E-state index contributed by atoms with van der Waals surface area (Å²) in [5.41, 5.74) is 2.19. The van der Waals surface area contributed by atoms with E-state index in [9.17, 15) is 13.2 Å². The zero-order chi connectivity index (χ0) is 22.9. The van der Waals surface area contributed by atoms with Crippen molar-refractivity contribution < 1.29 is 17.9 Å². The fourth-order valence-electron chi connectivity index (χ4n) is 4.79. The normalized spacial score (nSPS) is 18.7. The molecule has 4 heteroatoms. The van der Waals surface area contributed by atoms with E-state index in [2.05, 4.69) is 6.92 Å². The lowest BCUT2D eigenvalue weighted by Gasteiger charge is -2.29. The van der Waals surface area contributed by atoms with Gasteiger partial charge in [-0.2, -0.15) is 4.39 Å². The number of hydrogen-bond donors (Lipinski definition) is 0. The van der Waals surface area contributed by atoms with Crippen molar-refractivity contribution in [2.45, 2.75) is 90.4 Å². The van der Waals surface area contributed by atoms with E-state index in [0.29, 0.717) is 23.7 Å². The van der Waals surface area contributed by atoms with Crippen molar-refractivity contribution in [3.8, 4) is 5.75 Å². The highest BCUT2D eigenvalue weighted by molar-refractivity contribution is 5.33. The summed E-state index contributed by atoms with van der Waals surface area (Å²) in [4.78, 5) is 0. The van der Waals surface area contributed by atoms with Crippen LogP contribution in [0, 0.1) is 30.3 Å². The van der Waals surface area contributed by atoms with Crippen molar-refractivity contribution in [1.29, 1.82) is 0 Å². The molecule has 0 aliphatic heterocycles. The zero-order valence-electron chi connectivity index (χ0n) is 19.6. The number of benzene rings is 2. The summed E-state index contributed by atoms with van der Waals surface area (Å²) >= 11 is 0. The van der Waals surface area contributed by atoms with Gasteiger partial charge in [0.25, 0.3) is 0 Å². The first kappa shape index (κ1) is 24.7. The lowest BCUT2D eigenvalue weighted by Crippen LogP contribution is -2.15. The Labute approximate surface area is 191 Å². The minimum Gasteiger partial charge on any atom is -0.490 e. The van der Waals surface area contributed by atoms with E-state index in [4.69, 9.17) is 4.74 Å². The van der Waals surface area contributed by atoms with E-state index in [0.717, 1.165) is 63.4 Å². The number of aryl methyl sites for hydroxylation is 2. The van der Waals surface area contributed by atoms with Crippen molar-refractivity contribution in [2.75, 3.05) is 6.61 Å². The molecule has 0 radical (unpaired) electrons. The van der Waals surface area contributed by atoms with Gasteiger partial charge in [0, 0.05) is 0 Å². The van der Waals surface area contributed by atoms with Crippen LogP contribution < -0.4 is 4.74 Å². The van der Waals surface area contributed by atoms with E-state index < -0.39 is 11.6 Å². The van der Waals surface area contributed by atoms with Crippen molar-refractivity contribution in [3.63, 3.8) is 0 Å². The SMILES string of the molecule is CCCCCCCOc1ccc(C2CCC(CCc3ccc(C)c(F)c3)CC2)c(F)c1F. The van der Waals surface area contributed by atoms with Crippen LogP contribution in [0.25, 0.3) is 0 Å². The predicted molar refractivity (Wildman–Crippen MR) is 125 cm³/mol. The fourth-order valence-corrected chi connectivity index (χ4v) is 4.79. The first-order chi connectivity index (χ1) is 15.5. The average Bonchev–Trinajstić information content (AvgIpc) is 2.80. The molecule has 0 atom stereocenters. The highest BCUT2D eigenvalue weighted by atomic mass is 19.2. The summed E-state index contributed by atoms with van der Waals surface area (Å²) < 4.78 is 48.6. The molecule has 0 N–H and O–H groups in total. The average molecular weight is 447 g/mol. The highest BCUT2D eigenvalue weighted by Gasteiger charge is 2.26. The van der Waals surface area contributed by atoms with Crippen LogP contribution in [0.1, 0.15) is 93.7 Å². The monoisotopic (exact) mass is 446 g/mol. The Hall–Kier alpha value is -1.97. The standard InChI is InChI=1S/C28H37F3O/c1-3-4-5-6-7-18-32-26-17-16-24(27(30)28(26)31)23-14-12-21(13-15-23)10-11-22-9-8-20(2)25(29)19-22/h8-9,16-17,19,21,23H,3-7,10-15,18H2,1-2H3. The van der Waals surface area contributed by atoms with E-state index in [1.165, 1.54) is 12.8 Å². The van der Waals surface area contributed by atoms with Gasteiger partial charge in [0.1, 0.15) is 5.82 Å². The van der Waals surface area contributed by atoms with Gasteiger partial charge in [-0.1, -0.05) is 50.8 Å². The summed E-state index contributed by atoms with van der Waals surface area (Å²) in [5.74, 6) is -1.10. The second-order valence-corrected chi connectivity index (χ2v) is 9.38. The van der Waals surface area contributed by atoms with Gasteiger partial charge in [0.15, 0.2) is 11.6 Å². The van der Waals surface area contributed by atoms with E-state index in [1.54, 1.807) is 25.1 Å². The van der Waals surface area contributed by atoms with Crippen molar-refractivity contribution >= 4 is 0 Å². The van der Waals surface area contributed by atoms with Crippen LogP contribution in [0.5, 0.6) is 5.75 Å². The maximum Gasteiger partial charge on any atom is 0.200 e. The predicted octanol–water partition coefficient (Wildman–Crippen LogP) is 8.67. The lowest BCUT2D eigenvalue weighted by molar-refractivity contribution is 0.280. The third-order valence-corrected chi connectivity index (χ3v) is 6.95. The molecular weight excluding hydrogens is 409 g/mol. The van der Waals surface area contributed by atoms with Gasteiger partial charge in [-0.05, 0) is 92.5 Å². The molecule has 0 spiro atoms. The van der Waals surface area contributed by atoms with E-state index >= 15 is 0 Å². The Bertz CT molecular complexity index is 856. The van der Waals surface area contributed by atoms with Crippen LogP contribution in [-0.4, -0.2) is 6.61 Å². The minimum atomic E-state index is -0.848. The quantitative estimate of drug-likeness (QED) is 0.314. The maximum absolute atomic E-state index is 14.8. The molecule has 2 aromatic carbocycles. The topological polar surface area (TPSA) is 9.23 Å². The Kier molecular flexibility index (Phi) is 9.50. The number of halogens is 3. The second-order valence-electron chi connectivity index (χ2n) is 9.38. The molecular formula is C28H37F3O. The van der Waals surface area contributed by atoms with Gasteiger partial charge >= 0.3 is 0 Å². The summed E-state index contributed by atoms with van der Waals surface area (Å²) in [6.45, 7) is 4.36. The summed E-state index contributed by atoms with van der Waals surface area (Å²) in [5, 5.41) is 0. The highest BCUT2D eigenvalue weighted by Crippen LogP contribution is 2.40. The van der Waals surface area contributed by atoms with Gasteiger partial charge in [-0.15, -0.1) is 0 Å². The molecule has 0 bridgehead atoms. The van der Waals surface area contributed by atoms with Gasteiger partial charge in [-0.25, -0.2) is 8.78 Å².